The van der Waals surface area contributed by atoms with E-state index in [2.05, 4.69) is 24.8 Å². The van der Waals surface area contributed by atoms with Crippen LogP contribution >= 0.6 is 0 Å². The van der Waals surface area contributed by atoms with Crippen molar-refractivity contribution in [3.8, 4) is 11.8 Å². The van der Waals surface area contributed by atoms with Crippen molar-refractivity contribution in [3.63, 3.8) is 0 Å². The number of aliphatic imine (C=N–C) groups is 1. The van der Waals surface area contributed by atoms with Crippen LogP contribution in [0.3, 0.4) is 0 Å². The monoisotopic (exact) mass is 371 g/mol. The van der Waals surface area contributed by atoms with Crippen LogP contribution in [0.5, 0.6) is 11.8 Å². The quantitative estimate of drug-likeness (QED) is 0.350. The summed E-state index contributed by atoms with van der Waals surface area (Å²) in [6.45, 7) is -1.94. The van der Waals surface area contributed by atoms with E-state index in [1.54, 1.807) is 0 Å². The van der Waals surface area contributed by atoms with Crippen LogP contribution < -0.4 is 15.3 Å². The molecule has 26 heavy (non-hydrogen) atoms. The van der Waals surface area contributed by atoms with E-state index in [1.807, 2.05) is 0 Å². The Hall–Kier alpha value is -3.24. The Morgan fingerprint density at radius 2 is 1.96 bits per heavy atom. The minimum atomic E-state index is -2.99. The van der Waals surface area contributed by atoms with Gasteiger partial charge in [0.25, 0.3) is 0 Å². The van der Waals surface area contributed by atoms with Gasteiger partial charge in [0.1, 0.15) is 18.1 Å². The molecule has 7 nitrogen and oxygen atoms in total. The maximum absolute atomic E-state index is 13.9. The SMILES string of the molecule is Cc1c(F)ccc(N=CC(COc2ncc(OC(F)F)cn2)=NN)c1F. The Bertz CT molecular complexity index is 812. The van der Waals surface area contributed by atoms with Crippen LogP contribution in [0.1, 0.15) is 5.56 Å². The third-order valence-electron chi connectivity index (χ3n) is 3.00. The molecule has 0 atom stereocenters. The summed E-state index contributed by atoms with van der Waals surface area (Å²) in [6.07, 6.45) is 3.13. The fourth-order valence-electron chi connectivity index (χ4n) is 1.68. The Labute approximate surface area is 145 Å². The van der Waals surface area contributed by atoms with E-state index in [0.29, 0.717) is 0 Å². The number of hydrazone groups is 1. The molecule has 0 amide bonds. The molecule has 0 aliphatic heterocycles. The lowest BCUT2D eigenvalue weighted by molar-refractivity contribution is -0.0504. The zero-order valence-electron chi connectivity index (χ0n) is 13.4. The van der Waals surface area contributed by atoms with Gasteiger partial charge in [0.05, 0.1) is 24.3 Å². The highest BCUT2D eigenvalue weighted by molar-refractivity contribution is 6.31. The number of nitrogens with zero attached hydrogens (tertiary/aromatic N) is 4. The molecular weight excluding hydrogens is 358 g/mol. The second-order valence-electron chi connectivity index (χ2n) is 4.75. The molecule has 0 radical (unpaired) electrons. The first-order chi connectivity index (χ1) is 12.4. The average molecular weight is 371 g/mol. The Kier molecular flexibility index (Phi) is 6.42. The summed E-state index contributed by atoms with van der Waals surface area (Å²) >= 11 is 0. The van der Waals surface area contributed by atoms with Gasteiger partial charge >= 0.3 is 12.6 Å². The number of halogens is 4. The first kappa shape index (κ1) is 19.1. The van der Waals surface area contributed by atoms with Crippen molar-refractivity contribution in [2.45, 2.75) is 13.5 Å². The maximum atomic E-state index is 13.9. The third-order valence-corrected chi connectivity index (χ3v) is 3.00. The first-order valence-electron chi connectivity index (χ1n) is 7.05. The van der Waals surface area contributed by atoms with Gasteiger partial charge in [-0.1, -0.05) is 0 Å². The van der Waals surface area contributed by atoms with E-state index in [-0.39, 0.29) is 35.3 Å². The molecular formula is C15H13F4N5O2. The molecule has 0 unspecified atom stereocenters. The molecule has 2 aromatic rings. The molecule has 2 N–H and O–H groups in total. The molecule has 2 rings (SSSR count). The Morgan fingerprint density at radius 3 is 2.58 bits per heavy atom. The lowest BCUT2D eigenvalue weighted by Gasteiger charge is -2.06. The summed E-state index contributed by atoms with van der Waals surface area (Å²) in [4.78, 5) is 11.2. The van der Waals surface area contributed by atoms with Crippen LogP contribution in [0.4, 0.5) is 23.2 Å². The Balaban J connectivity index is 1.99. The molecule has 0 saturated carbocycles. The van der Waals surface area contributed by atoms with Gasteiger partial charge < -0.3 is 15.3 Å². The number of ether oxygens (including phenoxy) is 2. The van der Waals surface area contributed by atoms with Gasteiger partial charge in [-0.15, -0.1) is 0 Å². The lowest BCUT2D eigenvalue weighted by Crippen LogP contribution is -2.16. The van der Waals surface area contributed by atoms with Crippen LogP contribution in [0.15, 0.2) is 34.6 Å². The fraction of sp³-hybridized carbons (Fsp3) is 0.200. The van der Waals surface area contributed by atoms with Crippen molar-refractivity contribution in [2.24, 2.45) is 15.9 Å². The summed E-state index contributed by atoms with van der Waals surface area (Å²) in [7, 11) is 0. The summed E-state index contributed by atoms with van der Waals surface area (Å²) < 4.78 is 60.4. The number of aromatic nitrogens is 2. The van der Waals surface area contributed by atoms with Crippen LogP contribution in [0.25, 0.3) is 0 Å². The molecule has 0 bridgehead atoms. The van der Waals surface area contributed by atoms with Gasteiger partial charge in [0.2, 0.25) is 0 Å². The van der Waals surface area contributed by atoms with Crippen LogP contribution in [0, 0.1) is 18.6 Å². The highest BCUT2D eigenvalue weighted by atomic mass is 19.3. The summed E-state index contributed by atoms with van der Waals surface area (Å²) in [5, 5.41) is 3.41. The van der Waals surface area contributed by atoms with Crippen molar-refractivity contribution in [2.75, 3.05) is 6.61 Å². The number of benzene rings is 1. The minimum absolute atomic E-state index is 0.0999. The highest BCUT2D eigenvalue weighted by Crippen LogP contribution is 2.22. The molecule has 1 aromatic carbocycles. The fourth-order valence-corrected chi connectivity index (χ4v) is 1.68. The molecule has 0 aliphatic rings. The number of alkyl halides is 2. The molecule has 1 heterocycles. The predicted octanol–water partition coefficient (Wildman–Crippen LogP) is 2.76. The molecule has 138 valence electrons. The van der Waals surface area contributed by atoms with E-state index in [9.17, 15) is 17.6 Å². The predicted molar refractivity (Wildman–Crippen MR) is 85.0 cm³/mol. The summed E-state index contributed by atoms with van der Waals surface area (Å²) in [5.74, 6) is 3.46. The van der Waals surface area contributed by atoms with E-state index in [0.717, 1.165) is 30.7 Å². The van der Waals surface area contributed by atoms with E-state index in [4.69, 9.17) is 10.6 Å². The number of rotatable bonds is 7. The van der Waals surface area contributed by atoms with Crippen molar-refractivity contribution in [1.82, 2.24) is 9.97 Å². The lowest BCUT2D eigenvalue weighted by atomic mass is 10.2. The minimum Gasteiger partial charge on any atom is -0.457 e. The van der Waals surface area contributed by atoms with Crippen LogP contribution in [0.2, 0.25) is 0 Å². The first-order valence-corrected chi connectivity index (χ1v) is 7.05. The number of hydrogen-bond donors (Lipinski definition) is 1. The van der Waals surface area contributed by atoms with E-state index >= 15 is 0 Å². The van der Waals surface area contributed by atoms with Gasteiger partial charge in [-0.3, -0.25) is 4.99 Å². The Morgan fingerprint density at radius 1 is 1.27 bits per heavy atom. The smallest absolute Gasteiger partial charge is 0.387 e. The van der Waals surface area contributed by atoms with Gasteiger partial charge in [0, 0.05) is 5.56 Å². The van der Waals surface area contributed by atoms with Crippen molar-refractivity contribution < 1.29 is 27.0 Å². The number of nitrogens with two attached hydrogens (primary N) is 1. The van der Waals surface area contributed by atoms with Gasteiger partial charge in [-0.2, -0.15) is 23.9 Å². The van der Waals surface area contributed by atoms with Gasteiger partial charge in [-0.05, 0) is 19.1 Å². The van der Waals surface area contributed by atoms with Crippen molar-refractivity contribution >= 4 is 17.6 Å². The summed E-state index contributed by atoms with van der Waals surface area (Å²) in [6, 6.07) is 2.09. The van der Waals surface area contributed by atoms with E-state index < -0.39 is 18.2 Å². The molecule has 0 fully saturated rings. The molecule has 1 aromatic heterocycles. The average Bonchev–Trinajstić information content (AvgIpc) is 2.62. The van der Waals surface area contributed by atoms with E-state index in [1.165, 1.54) is 6.92 Å². The van der Waals surface area contributed by atoms with Crippen LogP contribution in [-0.4, -0.2) is 35.1 Å². The topological polar surface area (TPSA) is 95.0 Å². The second kappa shape index (κ2) is 8.74. The summed E-state index contributed by atoms with van der Waals surface area (Å²) in [5.41, 5.74) is -0.167. The largest absolute Gasteiger partial charge is 0.457 e. The molecule has 0 saturated heterocycles. The zero-order chi connectivity index (χ0) is 19.1. The third kappa shape index (κ3) is 5.13. The molecule has 0 spiro atoms. The standard InChI is InChI=1S/C15H13F4N5O2/c1-8-11(16)2-3-12(13(8)17)21-4-9(24-20)7-25-15-22-5-10(6-23-15)26-14(18)19/h2-6,14H,7,20H2,1H3. The van der Waals surface area contributed by atoms with Crippen LogP contribution in [-0.2, 0) is 0 Å². The van der Waals surface area contributed by atoms with Crippen molar-refractivity contribution in [3.05, 3.63) is 41.7 Å². The second-order valence-corrected chi connectivity index (χ2v) is 4.75. The van der Waals surface area contributed by atoms with Crippen molar-refractivity contribution in [1.29, 1.82) is 0 Å². The van der Waals surface area contributed by atoms with Gasteiger partial charge in [-0.25, -0.2) is 8.78 Å². The maximum Gasteiger partial charge on any atom is 0.387 e. The zero-order valence-corrected chi connectivity index (χ0v) is 13.4. The van der Waals surface area contributed by atoms with Gasteiger partial charge in [0.15, 0.2) is 11.6 Å². The molecule has 0 aliphatic carbocycles. The normalized spacial score (nSPS) is 12.0. The molecule has 11 heteroatoms. The highest BCUT2D eigenvalue weighted by Gasteiger charge is 2.09. The number of hydrogen-bond acceptors (Lipinski definition) is 7.